The third kappa shape index (κ3) is 1.70. The van der Waals surface area contributed by atoms with Gasteiger partial charge in [0, 0.05) is 10.9 Å². The Kier molecular flexibility index (Phi) is 2.23. The van der Waals surface area contributed by atoms with Crippen LogP contribution in [-0.2, 0) is 0 Å². The average molecular weight is 261 g/mol. The number of aromatic nitrogens is 2. The van der Waals surface area contributed by atoms with Gasteiger partial charge in [0.25, 0.3) is 0 Å². The van der Waals surface area contributed by atoms with Crippen LogP contribution in [0.4, 0.5) is 5.82 Å². The Morgan fingerprint density at radius 3 is 2.75 bits per heavy atom. The molecule has 4 aromatic rings. The first-order valence-corrected chi connectivity index (χ1v) is 6.31. The van der Waals surface area contributed by atoms with Crippen LogP contribution in [0.25, 0.3) is 33.3 Å². The first kappa shape index (κ1) is 11.0. The summed E-state index contributed by atoms with van der Waals surface area (Å²) in [7, 11) is 0. The number of anilines is 1. The monoisotopic (exact) mass is 261 g/mol. The maximum atomic E-state index is 5.85. The number of nitrogens with zero attached hydrogens (tertiary/aromatic N) is 2. The molecule has 2 N–H and O–H groups in total. The third-order valence-corrected chi connectivity index (χ3v) is 3.27. The predicted molar refractivity (Wildman–Crippen MR) is 79.2 cm³/mol. The molecule has 0 amide bonds. The van der Waals surface area contributed by atoms with Gasteiger partial charge in [-0.3, -0.25) is 4.98 Å². The van der Waals surface area contributed by atoms with Crippen LogP contribution in [0.15, 0.2) is 59.1 Å². The van der Waals surface area contributed by atoms with Gasteiger partial charge in [0.15, 0.2) is 0 Å². The Balaban J connectivity index is 1.90. The minimum atomic E-state index is 0.425. The molecule has 0 fully saturated rings. The molecule has 0 radical (unpaired) electrons. The molecule has 4 rings (SSSR count). The lowest BCUT2D eigenvalue weighted by Gasteiger charge is -2.00. The van der Waals surface area contributed by atoms with E-state index in [4.69, 9.17) is 10.2 Å². The fourth-order valence-electron chi connectivity index (χ4n) is 2.30. The highest BCUT2D eigenvalue weighted by atomic mass is 16.3. The average Bonchev–Trinajstić information content (AvgIpc) is 2.90. The van der Waals surface area contributed by atoms with Crippen molar-refractivity contribution in [1.82, 2.24) is 9.97 Å². The summed E-state index contributed by atoms with van der Waals surface area (Å²) in [4.78, 5) is 8.53. The van der Waals surface area contributed by atoms with Crippen LogP contribution in [0.3, 0.4) is 0 Å². The van der Waals surface area contributed by atoms with Gasteiger partial charge in [-0.25, -0.2) is 4.98 Å². The topological polar surface area (TPSA) is 64.9 Å². The zero-order valence-electron chi connectivity index (χ0n) is 10.6. The molecule has 2 aromatic carbocycles. The molecule has 2 aromatic heterocycles. The molecule has 0 saturated carbocycles. The number of fused-ring (bicyclic) bond motifs is 2. The summed E-state index contributed by atoms with van der Waals surface area (Å²) >= 11 is 0. The second-order valence-corrected chi connectivity index (χ2v) is 4.65. The SMILES string of the molecule is Nc1cnc2cc(-c3cc4ccccc4o3)ccc2n1. The van der Waals surface area contributed by atoms with Gasteiger partial charge in [0.05, 0.1) is 17.2 Å². The summed E-state index contributed by atoms with van der Waals surface area (Å²) in [6.45, 7) is 0. The van der Waals surface area contributed by atoms with Crippen molar-refractivity contribution in [2.75, 3.05) is 5.73 Å². The van der Waals surface area contributed by atoms with Crippen LogP contribution in [-0.4, -0.2) is 9.97 Å². The standard InChI is InChI=1S/C16H11N3O/c17-16-9-18-13-7-11(5-6-12(13)19-16)15-8-10-3-1-2-4-14(10)20-15/h1-9H,(H2,17,19). The van der Waals surface area contributed by atoms with Crippen molar-refractivity contribution in [3.63, 3.8) is 0 Å². The second-order valence-electron chi connectivity index (χ2n) is 4.65. The van der Waals surface area contributed by atoms with E-state index in [1.165, 1.54) is 0 Å². The van der Waals surface area contributed by atoms with Gasteiger partial charge in [0.2, 0.25) is 0 Å². The molecule has 0 atom stereocenters. The number of hydrogen-bond acceptors (Lipinski definition) is 4. The molecule has 0 aliphatic heterocycles. The van der Waals surface area contributed by atoms with Gasteiger partial charge in [-0.2, -0.15) is 0 Å². The van der Waals surface area contributed by atoms with Gasteiger partial charge in [-0.05, 0) is 30.3 Å². The van der Waals surface area contributed by atoms with E-state index in [1.54, 1.807) is 6.20 Å². The number of benzene rings is 2. The minimum Gasteiger partial charge on any atom is -0.456 e. The van der Waals surface area contributed by atoms with Crippen molar-refractivity contribution in [3.05, 3.63) is 54.7 Å². The van der Waals surface area contributed by atoms with Crippen LogP contribution in [0.5, 0.6) is 0 Å². The zero-order chi connectivity index (χ0) is 13.5. The first-order chi connectivity index (χ1) is 9.79. The molecule has 4 heteroatoms. The number of rotatable bonds is 1. The highest BCUT2D eigenvalue weighted by Gasteiger charge is 2.07. The van der Waals surface area contributed by atoms with Gasteiger partial charge in [0.1, 0.15) is 17.2 Å². The van der Waals surface area contributed by atoms with Crippen molar-refractivity contribution in [3.8, 4) is 11.3 Å². The molecular weight excluding hydrogens is 250 g/mol. The first-order valence-electron chi connectivity index (χ1n) is 6.31. The predicted octanol–water partition coefficient (Wildman–Crippen LogP) is 3.63. The van der Waals surface area contributed by atoms with E-state index >= 15 is 0 Å². The molecule has 0 spiro atoms. The Hall–Kier alpha value is -2.88. The maximum absolute atomic E-state index is 5.85. The Bertz CT molecular complexity index is 894. The molecule has 0 bridgehead atoms. The van der Waals surface area contributed by atoms with E-state index in [0.29, 0.717) is 5.82 Å². The van der Waals surface area contributed by atoms with Crippen LogP contribution in [0, 0.1) is 0 Å². The lowest BCUT2D eigenvalue weighted by molar-refractivity contribution is 0.631. The van der Waals surface area contributed by atoms with Gasteiger partial charge >= 0.3 is 0 Å². The molecule has 2 heterocycles. The summed E-state index contributed by atoms with van der Waals surface area (Å²) in [5, 5.41) is 1.09. The lowest BCUT2D eigenvalue weighted by Crippen LogP contribution is -1.92. The fourth-order valence-corrected chi connectivity index (χ4v) is 2.30. The summed E-state index contributed by atoms with van der Waals surface area (Å²) < 4.78 is 5.85. The molecule has 0 aliphatic rings. The Labute approximate surface area is 114 Å². The van der Waals surface area contributed by atoms with E-state index < -0.39 is 0 Å². The Morgan fingerprint density at radius 2 is 1.85 bits per heavy atom. The normalized spacial score (nSPS) is 11.2. The molecule has 0 saturated heterocycles. The molecule has 0 aliphatic carbocycles. The summed E-state index contributed by atoms with van der Waals surface area (Å²) in [5.41, 5.74) is 9.08. The van der Waals surface area contributed by atoms with E-state index in [2.05, 4.69) is 9.97 Å². The minimum absolute atomic E-state index is 0.425. The molecule has 0 unspecified atom stereocenters. The van der Waals surface area contributed by atoms with E-state index in [9.17, 15) is 0 Å². The molecule has 20 heavy (non-hydrogen) atoms. The van der Waals surface area contributed by atoms with Gasteiger partial charge in [-0.1, -0.05) is 18.2 Å². The van der Waals surface area contributed by atoms with E-state index in [-0.39, 0.29) is 0 Å². The number of nitrogen functional groups attached to an aromatic ring is 1. The lowest BCUT2D eigenvalue weighted by atomic mass is 10.1. The van der Waals surface area contributed by atoms with Crippen LogP contribution in [0.2, 0.25) is 0 Å². The largest absolute Gasteiger partial charge is 0.456 e. The van der Waals surface area contributed by atoms with Crippen molar-refractivity contribution >= 4 is 27.8 Å². The summed E-state index contributed by atoms with van der Waals surface area (Å²) in [5.74, 6) is 1.25. The van der Waals surface area contributed by atoms with Crippen LogP contribution >= 0.6 is 0 Å². The van der Waals surface area contributed by atoms with Crippen molar-refractivity contribution in [2.45, 2.75) is 0 Å². The van der Waals surface area contributed by atoms with Crippen LogP contribution in [0.1, 0.15) is 0 Å². The summed E-state index contributed by atoms with van der Waals surface area (Å²) in [6.07, 6.45) is 1.56. The summed E-state index contributed by atoms with van der Waals surface area (Å²) in [6, 6.07) is 15.8. The molecule has 96 valence electrons. The van der Waals surface area contributed by atoms with Crippen LogP contribution < -0.4 is 5.73 Å². The highest BCUT2D eigenvalue weighted by Crippen LogP contribution is 2.29. The molecular formula is C16H11N3O. The third-order valence-electron chi connectivity index (χ3n) is 3.27. The quantitative estimate of drug-likeness (QED) is 0.568. The smallest absolute Gasteiger partial charge is 0.142 e. The van der Waals surface area contributed by atoms with E-state index in [0.717, 1.165) is 33.3 Å². The molecule has 4 nitrogen and oxygen atoms in total. The number of hydrogen-bond donors (Lipinski definition) is 1. The van der Waals surface area contributed by atoms with Crippen molar-refractivity contribution in [1.29, 1.82) is 0 Å². The maximum Gasteiger partial charge on any atom is 0.142 e. The Morgan fingerprint density at radius 1 is 0.950 bits per heavy atom. The van der Waals surface area contributed by atoms with Crippen molar-refractivity contribution < 1.29 is 4.42 Å². The number of nitrogens with two attached hydrogens (primary N) is 1. The highest BCUT2D eigenvalue weighted by molar-refractivity contribution is 5.86. The zero-order valence-corrected chi connectivity index (χ0v) is 10.6. The fraction of sp³-hybridized carbons (Fsp3) is 0. The number of furan rings is 1. The van der Waals surface area contributed by atoms with Gasteiger partial charge in [-0.15, -0.1) is 0 Å². The van der Waals surface area contributed by atoms with Gasteiger partial charge < -0.3 is 10.2 Å². The second kappa shape index (κ2) is 4.06. The van der Waals surface area contributed by atoms with Crippen molar-refractivity contribution in [2.24, 2.45) is 0 Å². The number of para-hydroxylation sites is 1. The van der Waals surface area contributed by atoms with E-state index in [1.807, 2.05) is 48.5 Å².